The Morgan fingerprint density at radius 3 is 2.62 bits per heavy atom. The number of carbonyl (C=O) groups excluding carboxylic acids is 1. The van der Waals surface area contributed by atoms with Crippen molar-refractivity contribution in [1.29, 1.82) is 0 Å². The van der Waals surface area contributed by atoms with Gasteiger partial charge in [-0.3, -0.25) is 18.8 Å². The number of fused-ring (bicyclic) bond motifs is 1. The lowest BCUT2D eigenvalue weighted by atomic mass is 10.2. The first-order chi connectivity index (χ1) is 11.6. The molecule has 0 aliphatic carbocycles. The Hall–Kier alpha value is -2.12. The summed E-state index contributed by atoms with van der Waals surface area (Å²) in [5.74, 6) is -0.145. The molecule has 1 aromatic carbocycles. The van der Waals surface area contributed by atoms with Crippen molar-refractivity contribution < 1.29 is 9.53 Å². The number of amides is 1. The van der Waals surface area contributed by atoms with Crippen LogP contribution in [-0.4, -0.2) is 58.8 Å². The van der Waals surface area contributed by atoms with Crippen LogP contribution in [0.15, 0.2) is 29.1 Å². The zero-order valence-corrected chi connectivity index (χ0v) is 14.2. The predicted molar refractivity (Wildman–Crippen MR) is 92.0 cm³/mol. The van der Waals surface area contributed by atoms with E-state index < -0.39 is 0 Å². The topological polar surface area (TPSA) is 68.5 Å². The van der Waals surface area contributed by atoms with Gasteiger partial charge < -0.3 is 10.1 Å². The molecular formula is C17H24N4O3. The number of aryl methyl sites for hydroxylation is 1. The first-order valence-electron chi connectivity index (χ1n) is 8.30. The Labute approximate surface area is 140 Å². The number of morpholine rings is 1. The number of imidazole rings is 1. The van der Waals surface area contributed by atoms with Crippen molar-refractivity contribution in [2.75, 3.05) is 32.8 Å². The van der Waals surface area contributed by atoms with E-state index in [9.17, 15) is 9.59 Å². The van der Waals surface area contributed by atoms with E-state index in [2.05, 4.69) is 17.1 Å². The van der Waals surface area contributed by atoms with Gasteiger partial charge in [0, 0.05) is 32.7 Å². The number of hydrogen-bond acceptors (Lipinski definition) is 4. The maximum absolute atomic E-state index is 12.3. The third-order valence-corrected chi connectivity index (χ3v) is 4.62. The van der Waals surface area contributed by atoms with Crippen LogP contribution < -0.4 is 11.0 Å². The molecule has 1 N–H and O–H groups in total. The van der Waals surface area contributed by atoms with E-state index in [1.807, 2.05) is 24.3 Å². The van der Waals surface area contributed by atoms with E-state index >= 15 is 0 Å². The molecule has 7 heteroatoms. The molecule has 0 bridgehead atoms. The molecule has 0 unspecified atom stereocenters. The molecule has 7 nitrogen and oxygen atoms in total. The molecule has 0 spiro atoms. The van der Waals surface area contributed by atoms with Crippen molar-refractivity contribution in [2.24, 2.45) is 7.05 Å². The number of benzene rings is 1. The third kappa shape index (κ3) is 3.37. The highest BCUT2D eigenvalue weighted by atomic mass is 16.5. The number of nitrogens with one attached hydrogen (secondary N) is 1. The van der Waals surface area contributed by atoms with E-state index in [0.29, 0.717) is 6.54 Å². The second-order valence-electron chi connectivity index (χ2n) is 6.22. The maximum atomic E-state index is 12.3. The van der Waals surface area contributed by atoms with Gasteiger partial charge in [-0.2, -0.15) is 0 Å². The quantitative estimate of drug-likeness (QED) is 0.848. The zero-order valence-electron chi connectivity index (χ0n) is 14.2. The minimum Gasteiger partial charge on any atom is -0.379 e. The molecule has 1 aliphatic rings. The minimum atomic E-state index is -0.174. The largest absolute Gasteiger partial charge is 0.379 e. The van der Waals surface area contributed by atoms with E-state index in [0.717, 1.165) is 37.3 Å². The highest BCUT2D eigenvalue weighted by Crippen LogP contribution is 2.11. The monoisotopic (exact) mass is 332 g/mol. The van der Waals surface area contributed by atoms with Crippen molar-refractivity contribution in [3.63, 3.8) is 0 Å². The van der Waals surface area contributed by atoms with Crippen LogP contribution in [0.4, 0.5) is 0 Å². The first-order valence-corrected chi connectivity index (χ1v) is 8.30. The van der Waals surface area contributed by atoms with Gasteiger partial charge in [-0.1, -0.05) is 12.1 Å². The summed E-state index contributed by atoms with van der Waals surface area (Å²) in [5.41, 5.74) is 1.44. The summed E-state index contributed by atoms with van der Waals surface area (Å²) in [6.07, 6.45) is 0. The van der Waals surface area contributed by atoms with Gasteiger partial charge in [-0.25, -0.2) is 4.79 Å². The van der Waals surface area contributed by atoms with Gasteiger partial charge in [0.1, 0.15) is 6.54 Å². The van der Waals surface area contributed by atoms with Crippen molar-refractivity contribution in [1.82, 2.24) is 19.4 Å². The summed E-state index contributed by atoms with van der Waals surface area (Å²) in [5, 5.41) is 2.94. The second-order valence-corrected chi connectivity index (χ2v) is 6.22. The molecule has 3 rings (SSSR count). The molecule has 0 radical (unpaired) electrons. The molecule has 0 saturated carbocycles. The summed E-state index contributed by atoms with van der Waals surface area (Å²) in [6, 6.07) is 7.75. The molecule has 2 heterocycles. The van der Waals surface area contributed by atoms with E-state index in [4.69, 9.17) is 4.74 Å². The number of hydrogen-bond donors (Lipinski definition) is 1. The third-order valence-electron chi connectivity index (χ3n) is 4.62. The number of aromatic nitrogens is 2. The molecule has 1 aromatic heterocycles. The van der Waals surface area contributed by atoms with Crippen LogP contribution in [0.5, 0.6) is 0 Å². The lowest BCUT2D eigenvalue weighted by molar-refractivity contribution is -0.122. The molecular weight excluding hydrogens is 308 g/mol. The van der Waals surface area contributed by atoms with Crippen molar-refractivity contribution in [2.45, 2.75) is 19.5 Å². The molecule has 1 aliphatic heterocycles. The van der Waals surface area contributed by atoms with Gasteiger partial charge in [-0.05, 0) is 19.1 Å². The number of rotatable bonds is 5. The van der Waals surface area contributed by atoms with Crippen LogP contribution in [0, 0.1) is 0 Å². The smallest absolute Gasteiger partial charge is 0.329 e. The lowest BCUT2D eigenvalue weighted by Gasteiger charge is -2.32. The average Bonchev–Trinajstić information content (AvgIpc) is 2.86. The number of ether oxygens (including phenoxy) is 1. The van der Waals surface area contributed by atoms with Gasteiger partial charge in [0.25, 0.3) is 0 Å². The maximum Gasteiger partial charge on any atom is 0.329 e. The molecule has 130 valence electrons. The van der Waals surface area contributed by atoms with Crippen LogP contribution in [0.1, 0.15) is 6.92 Å². The Morgan fingerprint density at radius 2 is 1.92 bits per heavy atom. The Kier molecular flexibility index (Phi) is 5.01. The SMILES string of the molecule is C[C@@H](CNC(=O)Cn1c(=O)n(C)c2ccccc21)N1CCOCC1. The molecule has 1 fully saturated rings. The average molecular weight is 332 g/mol. The van der Waals surface area contributed by atoms with Crippen molar-refractivity contribution in [3.05, 3.63) is 34.7 Å². The predicted octanol–water partition coefficient (Wildman–Crippen LogP) is 0.177. The van der Waals surface area contributed by atoms with Crippen molar-refractivity contribution in [3.8, 4) is 0 Å². The summed E-state index contributed by atoms with van der Waals surface area (Å²) in [7, 11) is 1.72. The van der Waals surface area contributed by atoms with Gasteiger partial charge in [0.15, 0.2) is 0 Å². The first kappa shape index (κ1) is 16.7. The zero-order chi connectivity index (χ0) is 17.1. The van der Waals surface area contributed by atoms with Gasteiger partial charge in [0.2, 0.25) is 5.91 Å². The summed E-state index contributed by atoms with van der Waals surface area (Å²) < 4.78 is 8.43. The Morgan fingerprint density at radius 1 is 1.25 bits per heavy atom. The van der Waals surface area contributed by atoms with Gasteiger partial charge >= 0.3 is 5.69 Å². The molecule has 1 amide bonds. The van der Waals surface area contributed by atoms with Gasteiger partial charge in [0.05, 0.1) is 24.2 Å². The normalized spacial score (nSPS) is 17.1. The van der Waals surface area contributed by atoms with Crippen LogP contribution in [0.25, 0.3) is 11.0 Å². The highest BCUT2D eigenvalue weighted by molar-refractivity contribution is 5.80. The standard InChI is InChI=1S/C17H24N4O3/c1-13(20-7-9-24-10-8-20)11-18-16(22)12-21-15-6-4-3-5-14(15)19(2)17(21)23/h3-6,13H,7-12H2,1-2H3,(H,18,22)/t13-/m0/s1. The van der Waals surface area contributed by atoms with E-state index in [1.165, 1.54) is 4.57 Å². The molecule has 2 aromatic rings. The van der Waals surface area contributed by atoms with E-state index in [1.54, 1.807) is 11.6 Å². The Bertz CT molecular complexity index is 774. The van der Waals surface area contributed by atoms with E-state index in [-0.39, 0.29) is 24.2 Å². The summed E-state index contributed by atoms with van der Waals surface area (Å²) in [4.78, 5) is 26.9. The second kappa shape index (κ2) is 7.19. The number of carbonyl (C=O) groups is 1. The van der Waals surface area contributed by atoms with Crippen LogP contribution in [0.3, 0.4) is 0 Å². The molecule has 1 atom stereocenters. The lowest BCUT2D eigenvalue weighted by Crippen LogP contribution is -2.47. The fraction of sp³-hybridized carbons (Fsp3) is 0.529. The number of para-hydroxylation sites is 2. The van der Waals surface area contributed by atoms with Crippen molar-refractivity contribution >= 4 is 16.9 Å². The molecule has 24 heavy (non-hydrogen) atoms. The van der Waals surface area contributed by atoms with Crippen LogP contribution >= 0.6 is 0 Å². The Balaban J connectivity index is 1.63. The summed E-state index contributed by atoms with van der Waals surface area (Å²) in [6.45, 7) is 5.96. The summed E-state index contributed by atoms with van der Waals surface area (Å²) >= 11 is 0. The molecule has 1 saturated heterocycles. The fourth-order valence-corrected chi connectivity index (χ4v) is 3.12. The number of nitrogens with zero attached hydrogens (tertiary/aromatic N) is 3. The minimum absolute atomic E-state index is 0.0377. The highest BCUT2D eigenvalue weighted by Gasteiger charge is 2.18. The van der Waals surface area contributed by atoms with Crippen LogP contribution in [0.2, 0.25) is 0 Å². The van der Waals surface area contributed by atoms with Gasteiger partial charge in [-0.15, -0.1) is 0 Å². The fourth-order valence-electron chi connectivity index (χ4n) is 3.12. The van der Waals surface area contributed by atoms with Crippen LogP contribution in [-0.2, 0) is 23.1 Å².